The van der Waals surface area contributed by atoms with Crippen LogP contribution in [0.5, 0.6) is 5.75 Å². The van der Waals surface area contributed by atoms with E-state index >= 15 is 0 Å². The minimum absolute atomic E-state index is 0.0693. The lowest BCUT2D eigenvalue weighted by molar-refractivity contribution is 0.477. The molecule has 0 spiro atoms. The van der Waals surface area contributed by atoms with Gasteiger partial charge in [-0.25, -0.2) is 0 Å². The van der Waals surface area contributed by atoms with Gasteiger partial charge in [-0.15, -0.1) is 0 Å². The molecule has 2 rings (SSSR count). The van der Waals surface area contributed by atoms with Crippen LogP contribution in [0, 0.1) is 6.92 Å². The maximum Gasteiger partial charge on any atom is 0.123 e. The molecule has 0 aliphatic carbocycles. The largest absolute Gasteiger partial charge is 0.507 e. The van der Waals surface area contributed by atoms with Crippen molar-refractivity contribution in [3.63, 3.8) is 0 Å². The van der Waals surface area contributed by atoms with Crippen molar-refractivity contribution in [2.24, 2.45) is 0 Å². The molecule has 0 heterocycles. The number of phenols is 1. The van der Waals surface area contributed by atoms with E-state index in [-0.39, 0.29) is 17.1 Å². The van der Waals surface area contributed by atoms with E-state index in [4.69, 9.17) is 0 Å². The molecule has 22 heavy (non-hydrogen) atoms. The van der Waals surface area contributed by atoms with Crippen molar-refractivity contribution in [1.82, 2.24) is 0 Å². The fourth-order valence-electron chi connectivity index (χ4n) is 3.15. The Morgan fingerprint density at radius 3 is 2.05 bits per heavy atom. The highest BCUT2D eigenvalue weighted by Gasteiger charge is 2.34. The summed E-state index contributed by atoms with van der Waals surface area (Å²) in [5, 5.41) is 11.2. The minimum atomic E-state index is -2.57. The van der Waals surface area contributed by atoms with Gasteiger partial charge in [0.2, 0.25) is 0 Å². The molecule has 2 nitrogen and oxygen atoms in total. The van der Waals surface area contributed by atoms with Crippen LogP contribution in [0.4, 0.5) is 0 Å². The lowest BCUT2D eigenvalue weighted by atomic mass is 9.99. The van der Waals surface area contributed by atoms with Crippen molar-refractivity contribution < 1.29 is 9.67 Å². The first-order chi connectivity index (χ1) is 10.3. The van der Waals surface area contributed by atoms with Crippen LogP contribution < -0.4 is 5.30 Å². The lowest BCUT2D eigenvalue weighted by Gasteiger charge is -2.29. The molecule has 0 amide bonds. The molecule has 0 radical (unpaired) electrons. The molecule has 0 aliphatic heterocycles. The third-order valence-corrected chi connectivity index (χ3v) is 8.55. The maximum absolute atomic E-state index is 13.7. The first-order valence-electron chi connectivity index (χ1n) is 7.78. The smallest absolute Gasteiger partial charge is 0.123 e. The molecule has 0 atom stereocenters. The average molecular weight is 316 g/mol. The Labute approximate surface area is 133 Å². The van der Waals surface area contributed by atoms with E-state index in [9.17, 15) is 9.67 Å². The van der Waals surface area contributed by atoms with Crippen molar-refractivity contribution in [2.45, 2.75) is 45.9 Å². The lowest BCUT2D eigenvalue weighted by Crippen LogP contribution is -2.21. The van der Waals surface area contributed by atoms with Crippen LogP contribution in [0.25, 0.3) is 11.1 Å². The average Bonchev–Trinajstić information content (AvgIpc) is 2.46. The van der Waals surface area contributed by atoms with Crippen LogP contribution in [0.3, 0.4) is 0 Å². The van der Waals surface area contributed by atoms with Crippen LogP contribution in [0.1, 0.15) is 33.3 Å². The molecular formula is C19H25O2P. The number of aryl methyl sites for hydroxylation is 1. The number of benzene rings is 2. The van der Waals surface area contributed by atoms with Crippen molar-refractivity contribution in [3.05, 3.63) is 48.0 Å². The summed E-state index contributed by atoms with van der Waals surface area (Å²) in [6.07, 6.45) is 0. The van der Waals surface area contributed by atoms with Crippen LogP contribution in [0.2, 0.25) is 0 Å². The molecule has 0 unspecified atom stereocenters. The third kappa shape index (κ3) is 2.73. The van der Waals surface area contributed by atoms with E-state index in [1.54, 1.807) is 6.07 Å². The summed E-state index contributed by atoms with van der Waals surface area (Å²) in [7, 11) is -2.57. The summed E-state index contributed by atoms with van der Waals surface area (Å²) >= 11 is 0. The van der Waals surface area contributed by atoms with Crippen molar-refractivity contribution in [1.29, 1.82) is 0 Å². The summed E-state index contributed by atoms with van der Waals surface area (Å²) in [6, 6.07) is 13.3. The number of hydrogen-bond donors (Lipinski definition) is 1. The second-order valence-electron chi connectivity index (χ2n) is 6.38. The molecule has 0 fully saturated rings. The van der Waals surface area contributed by atoms with Gasteiger partial charge >= 0.3 is 0 Å². The summed E-state index contributed by atoms with van der Waals surface area (Å²) in [4.78, 5) is 0. The summed E-state index contributed by atoms with van der Waals surface area (Å²) in [6.45, 7) is 10.1. The molecule has 3 heteroatoms. The van der Waals surface area contributed by atoms with Gasteiger partial charge in [-0.05, 0) is 24.1 Å². The zero-order valence-corrected chi connectivity index (χ0v) is 14.9. The van der Waals surface area contributed by atoms with Gasteiger partial charge < -0.3 is 9.67 Å². The van der Waals surface area contributed by atoms with Gasteiger partial charge in [0.25, 0.3) is 0 Å². The minimum Gasteiger partial charge on any atom is -0.507 e. The predicted molar refractivity (Wildman–Crippen MR) is 95.8 cm³/mol. The monoisotopic (exact) mass is 316 g/mol. The van der Waals surface area contributed by atoms with E-state index in [1.165, 1.54) is 0 Å². The van der Waals surface area contributed by atoms with Crippen LogP contribution >= 0.6 is 7.14 Å². The quantitative estimate of drug-likeness (QED) is 0.790. The van der Waals surface area contributed by atoms with Crippen molar-refractivity contribution in [2.75, 3.05) is 0 Å². The highest BCUT2D eigenvalue weighted by molar-refractivity contribution is 7.73. The Kier molecular flexibility index (Phi) is 4.82. The van der Waals surface area contributed by atoms with Crippen molar-refractivity contribution >= 4 is 12.4 Å². The van der Waals surface area contributed by atoms with E-state index in [1.807, 2.05) is 71.0 Å². The SMILES string of the molecule is Cc1cccc(O)c1-c1ccccc1P(=O)(C(C)C)C(C)C. The standard InChI is InChI=1S/C19H25O2P/c1-13(2)22(21,14(3)4)18-12-7-6-10-16(18)19-15(5)9-8-11-17(19)20/h6-14,20H,1-5H3. The molecule has 0 aromatic heterocycles. The second-order valence-corrected chi connectivity index (χ2v) is 10.3. The number of rotatable bonds is 4. The highest BCUT2D eigenvalue weighted by atomic mass is 31.2. The number of hydrogen-bond acceptors (Lipinski definition) is 2. The number of phenolic OH excluding ortho intramolecular Hbond substituents is 1. The Bertz CT molecular complexity index is 685. The Balaban J connectivity index is 2.80. The van der Waals surface area contributed by atoms with Crippen LogP contribution in [-0.4, -0.2) is 16.4 Å². The molecule has 2 aromatic rings. The molecule has 1 N–H and O–H groups in total. The van der Waals surface area contributed by atoms with Gasteiger partial charge in [0.15, 0.2) is 0 Å². The van der Waals surface area contributed by atoms with Gasteiger partial charge in [-0.1, -0.05) is 64.1 Å². The fraction of sp³-hybridized carbons (Fsp3) is 0.368. The summed E-state index contributed by atoms with van der Waals surface area (Å²) < 4.78 is 13.7. The molecule has 0 bridgehead atoms. The van der Waals surface area contributed by atoms with Gasteiger partial charge in [0, 0.05) is 22.2 Å². The van der Waals surface area contributed by atoms with E-state index in [0.29, 0.717) is 0 Å². The summed E-state index contributed by atoms with van der Waals surface area (Å²) in [5.41, 5.74) is 2.81. The predicted octanol–water partition coefficient (Wildman–Crippen LogP) is 5.17. The number of aromatic hydroxyl groups is 1. The zero-order chi connectivity index (χ0) is 16.5. The third-order valence-electron chi connectivity index (χ3n) is 4.34. The van der Waals surface area contributed by atoms with Gasteiger partial charge in [0.1, 0.15) is 12.9 Å². The Morgan fingerprint density at radius 1 is 0.909 bits per heavy atom. The molecule has 2 aromatic carbocycles. The van der Waals surface area contributed by atoms with Crippen LogP contribution in [0.15, 0.2) is 42.5 Å². The molecule has 0 saturated heterocycles. The molecular weight excluding hydrogens is 291 g/mol. The maximum atomic E-state index is 13.7. The normalized spacial score (nSPS) is 12.1. The topological polar surface area (TPSA) is 37.3 Å². The van der Waals surface area contributed by atoms with E-state index < -0.39 is 7.14 Å². The first-order valence-corrected chi connectivity index (χ1v) is 9.62. The van der Waals surface area contributed by atoms with Gasteiger partial charge in [-0.3, -0.25) is 0 Å². The summed E-state index contributed by atoms with van der Waals surface area (Å²) in [5.74, 6) is 0.242. The molecule has 118 valence electrons. The molecule has 0 saturated carbocycles. The Morgan fingerprint density at radius 2 is 1.50 bits per heavy atom. The van der Waals surface area contributed by atoms with E-state index in [2.05, 4.69) is 0 Å². The van der Waals surface area contributed by atoms with E-state index in [0.717, 1.165) is 22.0 Å². The highest BCUT2D eigenvalue weighted by Crippen LogP contribution is 2.56. The second kappa shape index (κ2) is 6.30. The fourth-order valence-corrected chi connectivity index (χ4v) is 6.33. The zero-order valence-electron chi connectivity index (χ0n) is 14.0. The molecule has 0 aliphatic rings. The first kappa shape index (κ1) is 16.8. The Hall–Kier alpha value is -1.53. The van der Waals surface area contributed by atoms with Gasteiger partial charge in [0.05, 0.1) is 0 Å². The van der Waals surface area contributed by atoms with Crippen LogP contribution in [-0.2, 0) is 4.57 Å². The van der Waals surface area contributed by atoms with Gasteiger partial charge in [-0.2, -0.15) is 0 Å². The van der Waals surface area contributed by atoms with Crippen molar-refractivity contribution in [3.8, 4) is 16.9 Å².